The average Bonchev–Trinajstić information content (AvgIpc) is 3.31. The highest BCUT2D eigenvalue weighted by molar-refractivity contribution is 5.71. The first-order valence-electron chi connectivity index (χ1n) is 12.8. The van der Waals surface area contributed by atoms with Gasteiger partial charge in [0.25, 0.3) is 0 Å². The minimum absolute atomic E-state index is 0.0465. The van der Waals surface area contributed by atoms with Crippen LogP contribution in [0.15, 0.2) is 65.2 Å². The van der Waals surface area contributed by atoms with Gasteiger partial charge in [0, 0.05) is 25.2 Å². The molecule has 5 rings (SSSR count). The van der Waals surface area contributed by atoms with Crippen molar-refractivity contribution in [3.8, 4) is 11.4 Å². The third-order valence-corrected chi connectivity index (χ3v) is 7.32. The summed E-state index contributed by atoms with van der Waals surface area (Å²) in [5.74, 6) is 0.186. The maximum Gasteiger partial charge on any atom is 0.309 e. The number of rotatable bonds is 8. The molecule has 0 radical (unpaired) electrons. The fourth-order valence-corrected chi connectivity index (χ4v) is 5.09. The van der Waals surface area contributed by atoms with Gasteiger partial charge in [-0.1, -0.05) is 76.9 Å². The minimum atomic E-state index is -0.712. The van der Waals surface area contributed by atoms with E-state index >= 15 is 0 Å². The maximum atomic E-state index is 11.0. The molecule has 4 aromatic rings. The van der Waals surface area contributed by atoms with Gasteiger partial charge in [-0.2, -0.15) is 4.98 Å². The Morgan fingerprint density at radius 1 is 0.946 bits per heavy atom. The molecule has 1 aromatic heterocycles. The molecule has 6 nitrogen and oxygen atoms in total. The van der Waals surface area contributed by atoms with Crippen LogP contribution in [0.25, 0.3) is 11.4 Å². The molecule has 0 spiro atoms. The Labute approximate surface area is 218 Å². The van der Waals surface area contributed by atoms with Crippen molar-refractivity contribution in [2.45, 2.75) is 46.6 Å². The third-order valence-electron chi connectivity index (χ3n) is 7.32. The quantitative estimate of drug-likeness (QED) is 0.330. The van der Waals surface area contributed by atoms with Crippen LogP contribution in [0.1, 0.15) is 50.8 Å². The first-order chi connectivity index (χ1) is 17.7. The lowest BCUT2D eigenvalue weighted by atomic mass is 9.89. The smallest absolute Gasteiger partial charge is 0.309 e. The first kappa shape index (κ1) is 24.9. The summed E-state index contributed by atoms with van der Waals surface area (Å²) in [6, 6.07) is 21.3. The van der Waals surface area contributed by atoms with Crippen molar-refractivity contribution in [2.24, 2.45) is 5.92 Å². The largest absolute Gasteiger partial charge is 0.481 e. The van der Waals surface area contributed by atoms with Gasteiger partial charge in [0.2, 0.25) is 11.7 Å². The predicted octanol–water partition coefficient (Wildman–Crippen LogP) is 5.86. The molecule has 1 aliphatic rings. The Hall–Kier alpha value is -3.77. The Morgan fingerprint density at radius 3 is 2.27 bits per heavy atom. The van der Waals surface area contributed by atoms with Crippen LogP contribution in [0.3, 0.4) is 0 Å². The molecular formula is C31H33N3O3. The van der Waals surface area contributed by atoms with Crippen LogP contribution in [0, 0.1) is 33.6 Å². The van der Waals surface area contributed by atoms with Crippen molar-refractivity contribution in [3.63, 3.8) is 0 Å². The predicted molar refractivity (Wildman–Crippen MR) is 144 cm³/mol. The van der Waals surface area contributed by atoms with E-state index in [0.29, 0.717) is 24.8 Å². The van der Waals surface area contributed by atoms with Crippen LogP contribution in [0.5, 0.6) is 0 Å². The molecule has 0 aliphatic carbocycles. The van der Waals surface area contributed by atoms with E-state index in [-0.39, 0.29) is 11.8 Å². The van der Waals surface area contributed by atoms with Gasteiger partial charge in [0.05, 0.1) is 11.8 Å². The van der Waals surface area contributed by atoms with E-state index in [4.69, 9.17) is 14.6 Å². The number of likely N-dealkylation sites (tertiary alicyclic amines) is 1. The Kier molecular flexibility index (Phi) is 6.94. The van der Waals surface area contributed by atoms with Gasteiger partial charge in [-0.25, -0.2) is 0 Å². The zero-order chi connectivity index (χ0) is 26.1. The second kappa shape index (κ2) is 10.3. The number of aryl methyl sites for hydroxylation is 4. The zero-order valence-electron chi connectivity index (χ0n) is 21.9. The fourth-order valence-electron chi connectivity index (χ4n) is 5.09. The third kappa shape index (κ3) is 5.65. The molecule has 1 unspecified atom stereocenters. The van der Waals surface area contributed by atoms with Gasteiger partial charge in [0.15, 0.2) is 0 Å². The zero-order valence-corrected chi connectivity index (χ0v) is 21.9. The number of carbonyl (C=O) groups is 1. The molecule has 6 heteroatoms. The second-order valence-corrected chi connectivity index (χ2v) is 10.5. The minimum Gasteiger partial charge on any atom is -0.481 e. The summed E-state index contributed by atoms with van der Waals surface area (Å²) in [4.78, 5) is 18.0. The van der Waals surface area contributed by atoms with Gasteiger partial charge < -0.3 is 9.63 Å². The van der Waals surface area contributed by atoms with E-state index in [1.807, 2.05) is 12.1 Å². The number of hydrogen-bond donors (Lipinski definition) is 1. The van der Waals surface area contributed by atoms with Crippen LogP contribution < -0.4 is 0 Å². The fraction of sp³-hybridized carbons (Fsp3) is 0.323. The van der Waals surface area contributed by atoms with E-state index < -0.39 is 5.97 Å². The molecular weight excluding hydrogens is 462 g/mol. The van der Waals surface area contributed by atoms with Crippen molar-refractivity contribution in [2.75, 3.05) is 13.1 Å². The standard InChI is InChI=1S/C31H33N3O3/c1-19-11-20(2)13-26(12-19)28(15-24-6-5-21(3)22(4)14-24)30-32-29(33-37-30)25-9-7-23(8-10-25)16-34-17-27(18-34)31(35)36/h5-14,27-28H,15-18H2,1-4H3,(H,35,36). The highest BCUT2D eigenvalue weighted by Crippen LogP contribution is 2.31. The molecule has 1 fully saturated rings. The van der Waals surface area contributed by atoms with Gasteiger partial charge >= 0.3 is 5.97 Å². The van der Waals surface area contributed by atoms with E-state index in [0.717, 1.165) is 24.1 Å². The molecule has 190 valence electrons. The van der Waals surface area contributed by atoms with Crippen LogP contribution in [-0.2, 0) is 17.8 Å². The van der Waals surface area contributed by atoms with Crippen molar-refractivity contribution >= 4 is 5.97 Å². The molecule has 0 amide bonds. The molecule has 1 atom stereocenters. The van der Waals surface area contributed by atoms with Gasteiger partial charge in [0.1, 0.15) is 0 Å². The van der Waals surface area contributed by atoms with Gasteiger partial charge in [-0.05, 0) is 61.9 Å². The normalized spacial score (nSPS) is 14.9. The number of aromatic nitrogens is 2. The lowest BCUT2D eigenvalue weighted by Crippen LogP contribution is -2.49. The molecule has 3 aromatic carbocycles. The summed E-state index contributed by atoms with van der Waals surface area (Å²) in [6.07, 6.45) is 0.776. The molecule has 1 N–H and O–H groups in total. The second-order valence-electron chi connectivity index (χ2n) is 10.5. The van der Waals surface area contributed by atoms with Crippen LogP contribution in [0.4, 0.5) is 0 Å². The summed E-state index contributed by atoms with van der Waals surface area (Å²) in [7, 11) is 0. The number of carboxylic acids is 1. The number of carboxylic acid groups (broad SMARTS) is 1. The van der Waals surface area contributed by atoms with E-state index in [9.17, 15) is 4.79 Å². The lowest BCUT2D eigenvalue weighted by molar-refractivity contribution is -0.147. The van der Waals surface area contributed by atoms with Crippen molar-refractivity contribution in [1.29, 1.82) is 0 Å². The van der Waals surface area contributed by atoms with Crippen molar-refractivity contribution < 1.29 is 14.4 Å². The lowest BCUT2D eigenvalue weighted by Gasteiger charge is -2.36. The van der Waals surface area contributed by atoms with E-state index in [1.165, 1.54) is 33.4 Å². The number of nitrogens with zero attached hydrogens (tertiary/aromatic N) is 3. The van der Waals surface area contributed by atoms with Gasteiger partial charge in [-0.15, -0.1) is 0 Å². The van der Waals surface area contributed by atoms with Crippen LogP contribution in [0.2, 0.25) is 0 Å². The summed E-state index contributed by atoms with van der Waals surface area (Å²) < 4.78 is 5.87. The Balaban J connectivity index is 1.37. The summed E-state index contributed by atoms with van der Waals surface area (Å²) >= 11 is 0. The highest BCUT2D eigenvalue weighted by Gasteiger charge is 2.32. The Morgan fingerprint density at radius 2 is 1.62 bits per heavy atom. The van der Waals surface area contributed by atoms with Gasteiger partial charge in [-0.3, -0.25) is 9.69 Å². The number of benzene rings is 3. The Bertz CT molecular complexity index is 1400. The average molecular weight is 496 g/mol. The molecule has 0 bridgehead atoms. The van der Waals surface area contributed by atoms with Crippen LogP contribution in [-0.4, -0.2) is 39.2 Å². The monoisotopic (exact) mass is 495 g/mol. The highest BCUT2D eigenvalue weighted by atomic mass is 16.5. The number of hydrogen-bond acceptors (Lipinski definition) is 5. The first-order valence-corrected chi connectivity index (χ1v) is 12.8. The molecule has 0 saturated carbocycles. The molecule has 2 heterocycles. The number of aliphatic carboxylic acids is 1. The summed E-state index contributed by atoms with van der Waals surface area (Å²) in [5.41, 5.74) is 9.45. The summed E-state index contributed by atoms with van der Waals surface area (Å²) in [6.45, 7) is 10.5. The van der Waals surface area contributed by atoms with Crippen LogP contribution >= 0.6 is 0 Å². The van der Waals surface area contributed by atoms with E-state index in [2.05, 4.69) is 86.3 Å². The topological polar surface area (TPSA) is 79.5 Å². The molecule has 1 saturated heterocycles. The van der Waals surface area contributed by atoms with E-state index in [1.54, 1.807) is 0 Å². The van der Waals surface area contributed by atoms with Crippen molar-refractivity contribution in [3.05, 3.63) is 105 Å². The SMILES string of the molecule is Cc1cc(C)cc(C(Cc2ccc(C)c(C)c2)c2nc(-c3ccc(CN4CC(C(=O)O)C4)cc3)no2)c1. The molecule has 37 heavy (non-hydrogen) atoms. The summed E-state index contributed by atoms with van der Waals surface area (Å²) in [5, 5.41) is 13.4. The molecule has 1 aliphatic heterocycles. The van der Waals surface area contributed by atoms with Crippen molar-refractivity contribution in [1.82, 2.24) is 15.0 Å². The maximum absolute atomic E-state index is 11.0.